The third-order valence-electron chi connectivity index (χ3n) is 28.0. The maximum absolute atomic E-state index is 15.9. The molecule has 9 rings (SSSR count). The number of nitrogens with zero attached hydrogens (tertiary/aromatic N) is 6. The fraction of sp³-hybridized carbons (Fsp3) is 0.598. The Morgan fingerprint density at radius 1 is 0.510 bits per heavy atom. The summed E-state index contributed by atoms with van der Waals surface area (Å²) in [6.45, 7) is 8.26. The molecular weight excluding hydrogens is 1940 g/mol. The lowest BCUT2D eigenvalue weighted by atomic mass is 9.99. The SMILES string of the molecule is CCCCCCCCCCCCCC(=O)CCCCC[C@@H]1NC(=O)[C@H](CCCC)N(C)C(=O)[C@H](CCCC)N(C)C(=O)[C@H](Cc2c[nH]c3ccccc23)NC(=O)[C@H](CO)NC(=O)[C@H](Cc2c[nH]c3ccccc23)NC(=O)[C@@H]2C[C@@H](O)CN2C(=O)[C@H](CC(C)C)NC(=O)[C@H](CC2=CN=CC2)NC(=O)[C@@H]2CCCN2C(=O)[C@H](CC(=O)O)NC(=O)[C@H](C)N(C)C(=O)[C@H](Cc2ccc(O)cc2)NC(=O)CSC[C@@H](C(=O)NCC(N)=O)NC1=O. The van der Waals surface area contributed by atoms with Crippen molar-refractivity contribution in [2.75, 3.05) is 58.9 Å². The standard InChI is InChI=1S/C107H155N19O22S/c1-10-13-16-17-18-19-20-21-22-23-25-33-71(128)34-26-24-27-39-78-96(137)121-86(95(136)112-60-91(108)131)63-149-64-92(132)113-82(51-67-43-45-72(129)46-44-67)103(144)122(7)66(6)94(135)117-84(56-93(133)134)105(146)125-49-32-42-88(125)101(142)115-79(52-68-47-48-109-57-68)97(138)118-81(50-65(4)5)106(147)126-61-73(130)55-90(126)102(143)116-80(53-69-58-110-76-37-30-28-35-74(69)76)98(139)120-85(62-127)99(140)119-83(54-70-59-111-77-38-31-29-36-75(70)77)104(145)124(9)89(41-15-12-3)107(148)123(8)87(40-14-11-2)100(141)114-78/h28-31,35-38,43-46,48,57-59,65-66,73,78-90,110-111,127,129-130H,10-27,32-34,39-42,47,49-56,60-64H2,1-9H3,(H2,108,131)(H,112,136)(H,113,132)(H,114,141)(H,115,142)(H,116,143)(H,117,135)(H,118,138)(H,119,140)(H,120,139)(H,121,137)(H,133,134)/t66-,73+,78-,79-,80-,81-,82-,83-,84-,85-,86-,87-,88-,89-,90-/m0/s1. The molecule has 0 saturated carbocycles. The van der Waals surface area contributed by atoms with Gasteiger partial charge in [0.25, 0.3) is 0 Å². The maximum atomic E-state index is 15.9. The summed E-state index contributed by atoms with van der Waals surface area (Å²) in [5.41, 5.74) is 8.75. The number of hydrogen-bond donors (Lipinski definition) is 17. The molecule has 816 valence electrons. The lowest BCUT2D eigenvalue weighted by Crippen LogP contribution is -2.61. The molecule has 149 heavy (non-hydrogen) atoms. The minimum Gasteiger partial charge on any atom is -0.508 e. The van der Waals surface area contributed by atoms with Crippen molar-refractivity contribution >= 4 is 146 Å². The first-order valence-electron chi connectivity index (χ1n) is 52.7. The number of Topliss-reactive ketones (excluding diaryl/α,β-unsaturated/α-hetero) is 1. The number of aliphatic imine (C=N–C) groups is 1. The minimum absolute atomic E-state index is 0.00130. The van der Waals surface area contributed by atoms with Crippen LogP contribution in [0.25, 0.3) is 21.8 Å². The van der Waals surface area contributed by atoms with E-state index in [0.29, 0.717) is 89.0 Å². The van der Waals surface area contributed by atoms with Crippen LogP contribution in [0.5, 0.6) is 5.75 Å². The average molecular weight is 2090 g/mol. The maximum Gasteiger partial charge on any atom is 0.305 e. The van der Waals surface area contributed by atoms with Crippen molar-refractivity contribution in [1.29, 1.82) is 0 Å². The molecule has 41 nitrogen and oxygen atoms in total. The molecule has 4 aliphatic heterocycles. The minimum atomic E-state index is -1.90. The smallest absolute Gasteiger partial charge is 0.305 e. The number of aromatic nitrogens is 2. The van der Waals surface area contributed by atoms with Crippen molar-refractivity contribution in [3.8, 4) is 5.75 Å². The number of benzene rings is 3. The second kappa shape index (κ2) is 60.5. The van der Waals surface area contributed by atoms with Gasteiger partial charge in [0.1, 0.15) is 96.1 Å². The van der Waals surface area contributed by atoms with Crippen LogP contribution >= 0.6 is 11.8 Å². The number of unbranched alkanes of at least 4 members (excludes halogenated alkanes) is 14. The number of phenolic OH excluding ortho intramolecular Hbond substituents is 1. The lowest BCUT2D eigenvalue weighted by molar-refractivity contribution is -0.149. The number of carboxylic acids is 1. The number of aliphatic carboxylic acids is 1. The first-order valence-corrected chi connectivity index (χ1v) is 53.9. The number of likely N-dealkylation sites (N-methyl/N-ethyl adjacent to an activating group) is 3. The predicted octanol–water partition coefficient (Wildman–Crippen LogP) is 5.41. The molecule has 6 heterocycles. The quantitative estimate of drug-likeness (QED) is 0.0218. The van der Waals surface area contributed by atoms with Crippen molar-refractivity contribution in [3.05, 3.63) is 114 Å². The van der Waals surface area contributed by atoms with Crippen LogP contribution in [0, 0.1) is 5.92 Å². The van der Waals surface area contributed by atoms with Crippen LogP contribution in [0.2, 0.25) is 0 Å². The van der Waals surface area contributed by atoms with Gasteiger partial charge in [0, 0.05) is 132 Å². The first kappa shape index (κ1) is 119. The van der Waals surface area contributed by atoms with Crippen LogP contribution in [-0.4, -0.2) is 317 Å². The molecule has 0 aliphatic carbocycles. The fourth-order valence-corrected chi connectivity index (χ4v) is 20.2. The zero-order valence-electron chi connectivity index (χ0n) is 87.4. The fourth-order valence-electron chi connectivity index (χ4n) is 19.4. The number of rotatable bonds is 40. The van der Waals surface area contributed by atoms with Crippen molar-refractivity contribution in [2.45, 2.75) is 344 Å². The predicted molar refractivity (Wildman–Crippen MR) is 562 cm³/mol. The summed E-state index contributed by atoms with van der Waals surface area (Å²) in [6, 6.07) is -2.19. The number of amides is 16. The Morgan fingerprint density at radius 2 is 1.01 bits per heavy atom. The highest BCUT2D eigenvalue weighted by Gasteiger charge is 2.47. The number of phenols is 1. The summed E-state index contributed by atoms with van der Waals surface area (Å²) >= 11 is 0.784. The molecule has 3 saturated heterocycles. The zero-order valence-corrected chi connectivity index (χ0v) is 88.2. The summed E-state index contributed by atoms with van der Waals surface area (Å²) in [6.07, 6.45) is 18.2. The molecule has 0 spiro atoms. The van der Waals surface area contributed by atoms with Gasteiger partial charge in [-0.3, -0.25) is 91.3 Å². The first-order chi connectivity index (χ1) is 71.3. The van der Waals surface area contributed by atoms with Gasteiger partial charge in [0.05, 0.1) is 31.4 Å². The number of thioether (sulfide) groups is 1. The highest BCUT2D eigenvalue weighted by molar-refractivity contribution is 8.00. The molecule has 42 heteroatoms. The zero-order chi connectivity index (χ0) is 109. The van der Waals surface area contributed by atoms with Crippen LogP contribution in [0.1, 0.15) is 251 Å². The Morgan fingerprint density at radius 3 is 1.60 bits per heavy atom. The number of ketones is 1. The molecule has 5 aromatic rings. The Kier molecular flexibility index (Phi) is 48.5. The Hall–Kier alpha value is -13.1. The van der Waals surface area contributed by atoms with E-state index in [1.165, 1.54) is 102 Å². The van der Waals surface area contributed by atoms with Gasteiger partial charge in [-0.25, -0.2) is 0 Å². The molecule has 0 bridgehead atoms. The van der Waals surface area contributed by atoms with Gasteiger partial charge in [0.15, 0.2) is 0 Å². The van der Waals surface area contributed by atoms with Crippen LogP contribution in [-0.2, 0) is 106 Å². The Bertz CT molecular complexity index is 5470. The number of hydrogen-bond acceptors (Lipinski definition) is 23. The molecule has 0 unspecified atom stereocenters. The summed E-state index contributed by atoms with van der Waals surface area (Å²) < 4.78 is 0. The van der Waals surface area contributed by atoms with Crippen LogP contribution in [0.4, 0.5) is 0 Å². The molecule has 18 N–H and O–H groups in total. The number of carboxylic acid groups (broad SMARTS) is 1. The molecular formula is C107H155N19O22S. The van der Waals surface area contributed by atoms with E-state index in [2.05, 4.69) is 75.1 Å². The normalized spacial score (nSPS) is 24.0. The van der Waals surface area contributed by atoms with Gasteiger partial charge in [-0.05, 0) is 117 Å². The molecule has 4 aliphatic rings. The molecule has 0 radical (unpaired) electrons. The van der Waals surface area contributed by atoms with Crippen molar-refractivity contribution in [1.82, 2.24) is 87.6 Å². The third-order valence-corrected chi connectivity index (χ3v) is 29.1. The number of aromatic hydroxyl groups is 1. The number of aliphatic hydroxyl groups excluding tert-OH is 2. The highest BCUT2D eigenvalue weighted by atomic mass is 32.2. The number of aromatic amines is 2. The Labute approximate surface area is 874 Å². The number of carbonyl (C=O) groups is 18. The molecule has 2 aromatic heterocycles. The van der Waals surface area contributed by atoms with E-state index in [1.807, 2.05) is 13.8 Å². The van der Waals surface area contributed by atoms with Crippen molar-refractivity contribution in [3.63, 3.8) is 0 Å². The average Bonchev–Trinajstić information content (AvgIpc) is 1.78. The number of nitrogens with one attached hydrogen (secondary N) is 12. The van der Waals surface area contributed by atoms with E-state index in [9.17, 15) is 58.8 Å². The number of H-pyrrole nitrogens is 2. The summed E-state index contributed by atoms with van der Waals surface area (Å²) in [5.74, 6) is -17.9. The number of carbonyl (C=O) groups excluding carboxylic acids is 17. The van der Waals surface area contributed by atoms with Gasteiger partial charge < -0.3 is 114 Å². The van der Waals surface area contributed by atoms with Gasteiger partial charge in [0.2, 0.25) is 94.5 Å². The second-order valence-electron chi connectivity index (χ2n) is 40.1. The van der Waals surface area contributed by atoms with E-state index in [4.69, 9.17) is 5.73 Å². The highest BCUT2D eigenvalue weighted by Crippen LogP contribution is 2.30. The molecule has 16 amide bonds. The van der Waals surface area contributed by atoms with Gasteiger partial charge in [-0.2, -0.15) is 0 Å². The van der Waals surface area contributed by atoms with E-state index in [1.54, 1.807) is 81.0 Å². The second-order valence-corrected chi connectivity index (χ2v) is 41.1. The lowest BCUT2D eigenvalue weighted by Gasteiger charge is -2.36. The number of para-hydroxylation sites is 2. The summed E-state index contributed by atoms with van der Waals surface area (Å²) in [7, 11) is 3.96. The van der Waals surface area contributed by atoms with Crippen LogP contribution in [0.15, 0.2) is 102 Å². The van der Waals surface area contributed by atoms with Gasteiger partial charge in [-0.15, -0.1) is 11.8 Å². The monoisotopic (exact) mass is 2090 g/mol. The van der Waals surface area contributed by atoms with E-state index < -0.39 is 235 Å². The molecule has 3 fully saturated rings. The molecule has 3 aromatic carbocycles. The summed E-state index contributed by atoms with van der Waals surface area (Å²) in [4.78, 5) is 282. The molecule has 15 atom stereocenters. The van der Waals surface area contributed by atoms with Crippen molar-refractivity contribution < 1.29 is 107 Å². The van der Waals surface area contributed by atoms with E-state index in [-0.39, 0.29) is 107 Å². The van der Waals surface area contributed by atoms with Crippen LogP contribution < -0.4 is 58.9 Å². The van der Waals surface area contributed by atoms with E-state index in [0.717, 1.165) is 63.5 Å². The summed E-state index contributed by atoms with van der Waals surface area (Å²) in [5, 5.41) is 71.6. The largest absolute Gasteiger partial charge is 0.508 e. The van der Waals surface area contributed by atoms with Gasteiger partial charge in [-0.1, -0.05) is 186 Å². The van der Waals surface area contributed by atoms with E-state index >= 15 is 47.9 Å². The number of nitrogens with two attached hydrogens (primary N) is 1. The number of aliphatic hydroxyl groups is 2. The number of fused-ring (bicyclic) bond motifs is 4. The number of primary amides is 1. The third kappa shape index (κ3) is 36.4. The Balaban J connectivity index is 1.08. The van der Waals surface area contributed by atoms with Crippen LogP contribution in [0.3, 0.4) is 0 Å². The van der Waals surface area contributed by atoms with Crippen molar-refractivity contribution in [2.24, 2.45) is 16.6 Å². The van der Waals surface area contributed by atoms with Gasteiger partial charge >= 0.3 is 5.97 Å². The topological polar surface area (TPSA) is 595 Å².